The Balaban J connectivity index is 2.57. The zero-order valence-corrected chi connectivity index (χ0v) is 11.8. The lowest BCUT2D eigenvalue weighted by atomic mass is 10.2. The second-order valence-electron chi connectivity index (χ2n) is 4.23. The van der Waals surface area contributed by atoms with Crippen LogP contribution in [0.4, 0.5) is 5.13 Å². The predicted octanol–water partition coefficient (Wildman–Crippen LogP) is 2.22. The van der Waals surface area contributed by atoms with Crippen molar-refractivity contribution < 1.29 is 0 Å². The van der Waals surface area contributed by atoms with E-state index in [4.69, 9.17) is 5.84 Å². The fraction of sp³-hybridized carbons (Fsp3) is 0.818. The van der Waals surface area contributed by atoms with Gasteiger partial charge in [-0.3, -0.25) is 10.3 Å². The second-order valence-corrected chi connectivity index (χ2v) is 5.29. The van der Waals surface area contributed by atoms with Crippen molar-refractivity contribution in [2.75, 3.05) is 12.0 Å². The van der Waals surface area contributed by atoms with Crippen molar-refractivity contribution >= 4 is 16.5 Å². The maximum atomic E-state index is 5.30. The molecule has 6 heteroatoms. The Hall–Kier alpha value is -0.720. The van der Waals surface area contributed by atoms with Crippen LogP contribution in [0.3, 0.4) is 0 Å². The summed E-state index contributed by atoms with van der Waals surface area (Å²) in [6.45, 7) is 8.69. The van der Waals surface area contributed by atoms with Crippen LogP contribution in [0.15, 0.2) is 0 Å². The molecule has 0 aromatic carbocycles. The number of hydrazine groups is 1. The Kier molecular flexibility index (Phi) is 6.39. The van der Waals surface area contributed by atoms with Crippen molar-refractivity contribution in [2.24, 2.45) is 5.84 Å². The fourth-order valence-corrected chi connectivity index (χ4v) is 2.30. The van der Waals surface area contributed by atoms with Crippen LogP contribution in [-0.4, -0.2) is 27.7 Å². The number of nitrogens with zero attached hydrogens (tertiary/aromatic N) is 3. The Labute approximate surface area is 107 Å². The summed E-state index contributed by atoms with van der Waals surface area (Å²) in [6, 6.07) is 0.583. The molecule has 1 atom stereocenters. The van der Waals surface area contributed by atoms with Gasteiger partial charge in [-0.2, -0.15) is 0 Å². The highest BCUT2D eigenvalue weighted by Crippen LogP contribution is 2.18. The second kappa shape index (κ2) is 7.58. The number of nitrogen functional groups attached to an aromatic ring is 1. The molecule has 0 amide bonds. The zero-order chi connectivity index (χ0) is 12.7. The van der Waals surface area contributed by atoms with E-state index in [1.807, 2.05) is 0 Å². The Morgan fingerprint density at radius 3 is 2.71 bits per heavy atom. The third kappa shape index (κ3) is 4.57. The number of aromatic nitrogens is 2. The molecule has 0 aliphatic rings. The zero-order valence-electron chi connectivity index (χ0n) is 10.9. The van der Waals surface area contributed by atoms with Crippen LogP contribution < -0.4 is 11.3 Å². The van der Waals surface area contributed by atoms with Crippen molar-refractivity contribution in [3.8, 4) is 0 Å². The predicted molar refractivity (Wildman–Crippen MR) is 72.8 cm³/mol. The average Bonchev–Trinajstić information content (AvgIpc) is 2.81. The highest BCUT2D eigenvalue weighted by atomic mass is 32.1. The van der Waals surface area contributed by atoms with E-state index in [-0.39, 0.29) is 0 Å². The van der Waals surface area contributed by atoms with E-state index in [0.29, 0.717) is 11.2 Å². The molecule has 1 unspecified atom stereocenters. The lowest BCUT2D eigenvalue weighted by molar-refractivity contribution is 0.191. The van der Waals surface area contributed by atoms with E-state index >= 15 is 0 Å². The first-order valence-corrected chi connectivity index (χ1v) is 7.05. The van der Waals surface area contributed by atoms with E-state index in [9.17, 15) is 0 Å². The van der Waals surface area contributed by atoms with Crippen molar-refractivity contribution in [1.82, 2.24) is 15.1 Å². The molecule has 5 nitrogen and oxygen atoms in total. The molecule has 1 aromatic heterocycles. The van der Waals surface area contributed by atoms with Crippen molar-refractivity contribution in [2.45, 2.75) is 52.6 Å². The van der Waals surface area contributed by atoms with E-state index in [1.165, 1.54) is 24.2 Å². The minimum Gasteiger partial charge on any atom is -0.298 e. The molecular formula is C11H23N5S. The summed E-state index contributed by atoms with van der Waals surface area (Å²) in [5, 5.41) is 9.80. The van der Waals surface area contributed by atoms with Gasteiger partial charge < -0.3 is 0 Å². The van der Waals surface area contributed by atoms with Gasteiger partial charge in [0.2, 0.25) is 5.13 Å². The third-order valence-electron chi connectivity index (χ3n) is 2.94. The molecule has 0 aliphatic carbocycles. The number of hydrogen-bond donors (Lipinski definition) is 2. The van der Waals surface area contributed by atoms with Gasteiger partial charge in [0.05, 0.1) is 6.54 Å². The van der Waals surface area contributed by atoms with Crippen molar-refractivity contribution in [1.29, 1.82) is 0 Å². The summed E-state index contributed by atoms with van der Waals surface area (Å²) in [5.41, 5.74) is 2.53. The van der Waals surface area contributed by atoms with Gasteiger partial charge in [-0.1, -0.05) is 31.6 Å². The largest absolute Gasteiger partial charge is 0.298 e. The lowest BCUT2D eigenvalue weighted by Crippen LogP contribution is -2.33. The Bertz CT molecular complexity index is 315. The third-order valence-corrected chi connectivity index (χ3v) is 3.78. The van der Waals surface area contributed by atoms with Crippen LogP contribution in [0.25, 0.3) is 0 Å². The Morgan fingerprint density at radius 1 is 1.41 bits per heavy atom. The molecule has 0 aliphatic heterocycles. The minimum absolute atomic E-state index is 0.583. The maximum absolute atomic E-state index is 5.30. The van der Waals surface area contributed by atoms with Crippen molar-refractivity contribution in [3.05, 3.63) is 5.01 Å². The molecule has 0 saturated heterocycles. The van der Waals surface area contributed by atoms with Crippen LogP contribution in [0.1, 0.15) is 45.0 Å². The number of anilines is 1. The highest BCUT2D eigenvalue weighted by Gasteiger charge is 2.14. The number of unbranched alkanes of at least 4 members (excludes halogenated alkanes) is 1. The minimum atomic E-state index is 0.583. The van der Waals surface area contributed by atoms with Gasteiger partial charge in [-0.25, -0.2) is 5.84 Å². The lowest BCUT2D eigenvalue weighted by Gasteiger charge is -2.27. The number of hydrogen-bond acceptors (Lipinski definition) is 6. The van der Waals surface area contributed by atoms with Gasteiger partial charge in [-0.15, -0.1) is 10.2 Å². The normalized spacial score (nSPS) is 13.0. The van der Waals surface area contributed by atoms with Crippen LogP contribution in [0.5, 0.6) is 0 Å². The Morgan fingerprint density at radius 2 is 2.18 bits per heavy atom. The average molecular weight is 257 g/mol. The molecule has 17 heavy (non-hydrogen) atoms. The van der Waals surface area contributed by atoms with E-state index in [1.54, 1.807) is 0 Å². The number of nitrogens with two attached hydrogens (primary N) is 1. The fourth-order valence-electron chi connectivity index (χ4n) is 1.62. The van der Waals surface area contributed by atoms with Gasteiger partial charge in [-0.05, 0) is 26.3 Å². The summed E-state index contributed by atoms with van der Waals surface area (Å²) in [5.74, 6) is 5.30. The quantitative estimate of drug-likeness (QED) is 0.552. The molecule has 0 saturated carbocycles. The molecule has 1 rings (SSSR count). The molecule has 98 valence electrons. The summed E-state index contributed by atoms with van der Waals surface area (Å²) < 4.78 is 0. The highest BCUT2D eigenvalue weighted by molar-refractivity contribution is 7.15. The van der Waals surface area contributed by atoms with E-state index in [2.05, 4.69) is 41.3 Å². The van der Waals surface area contributed by atoms with Gasteiger partial charge in [0.25, 0.3) is 0 Å². The van der Waals surface area contributed by atoms with Crippen molar-refractivity contribution in [3.63, 3.8) is 0 Å². The van der Waals surface area contributed by atoms with Gasteiger partial charge in [0.1, 0.15) is 5.01 Å². The van der Waals surface area contributed by atoms with Crippen LogP contribution in [-0.2, 0) is 6.54 Å². The standard InChI is InChI=1S/C11H23N5S/c1-4-6-7-16(9(3)5-2)8-10-14-15-11(13-12)17-10/h9H,4-8,12H2,1-3H3,(H,13,15). The summed E-state index contributed by atoms with van der Waals surface area (Å²) in [4.78, 5) is 2.46. The first kappa shape index (κ1) is 14.3. The molecular weight excluding hydrogens is 234 g/mol. The molecule has 0 fully saturated rings. The van der Waals surface area contributed by atoms with E-state index in [0.717, 1.165) is 24.5 Å². The molecule has 0 bridgehead atoms. The SMILES string of the molecule is CCCCN(Cc1nnc(NN)s1)C(C)CC. The summed E-state index contributed by atoms with van der Waals surface area (Å²) in [7, 11) is 0. The molecule has 0 spiro atoms. The summed E-state index contributed by atoms with van der Waals surface area (Å²) >= 11 is 1.52. The van der Waals surface area contributed by atoms with E-state index < -0.39 is 0 Å². The topological polar surface area (TPSA) is 67.1 Å². The van der Waals surface area contributed by atoms with Gasteiger partial charge in [0, 0.05) is 6.04 Å². The smallest absolute Gasteiger partial charge is 0.219 e. The van der Waals surface area contributed by atoms with Gasteiger partial charge >= 0.3 is 0 Å². The molecule has 3 N–H and O–H groups in total. The number of nitrogens with one attached hydrogen (secondary N) is 1. The maximum Gasteiger partial charge on any atom is 0.219 e. The molecule has 0 radical (unpaired) electrons. The van der Waals surface area contributed by atoms with Gasteiger partial charge in [0.15, 0.2) is 0 Å². The van der Waals surface area contributed by atoms with Crippen LogP contribution >= 0.6 is 11.3 Å². The number of rotatable bonds is 8. The summed E-state index contributed by atoms with van der Waals surface area (Å²) in [6.07, 6.45) is 3.61. The van der Waals surface area contributed by atoms with Crippen LogP contribution in [0, 0.1) is 0 Å². The molecule has 1 heterocycles. The first-order chi connectivity index (χ1) is 8.21. The van der Waals surface area contributed by atoms with Crippen LogP contribution in [0.2, 0.25) is 0 Å². The molecule has 1 aromatic rings. The first-order valence-electron chi connectivity index (χ1n) is 6.24. The monoisotopic (exact) mass is 257 g/mol.